The van der Waals surface area contributed by atoms with E-state index >= 15 is 0 Å². The molecule has 3 nitrogen and oxygen atoms in total. The van der Waals surface area contributed by atoms with E-state index < -0.39 is 18.6 Å². The summed E-state index contributed by atoms with van der Waals surface area (Å²) in [7, 11) is 1.77. The molecule has 0 radical (unpaired) electrons. The van der Waals surface area contributed by atoms with Gasteiger partial charge in [0.05, 0.1) is 12.6 Å². The van der Waals surface area contributed by atoms with Crippen molar-refractivity contribution in [1.82, 2.24) is 15.1 Å². The summed E-state index contributed by atoms with van der Waals surface area (Å²) in [5, 5.41) is 6.87. The minimum absolute atomic E-state index is 0.133. The minimum atomic E-state index is -4.12. The van der Waals surface area contributed by atoms with Gasteiger partial charge in [0.15, 0.2) is 0 Å². The van der Waals surface area contributed by atoms with Crippen LogP contribution in [0, 0.1) is 0 Å². The van der Waals surface area contributed by atoms with E-state index in [0.717, 1.165) is 5.56 Å². The number of halogens is 3. The highest BCUT2D eigenvalue weighted by molar-refractivity contribution is 5.09. The molecular weight excluding hydrogens is 219 g/mol. The molecule has 0 saturated carbocycles. The summed E-state index contributed by atoms with van der Waals surface area (Å²) in [5.41, 5.74) is 0.886. The number of hydrogen-bond acceptors (Lipinski definition) is 2. The average molecular weight is 235 g/mol. The van der Waals surface area contributed by atoms with Crippen LogP contribution in [0.25, 0.3) is 0 Å². The second-order valence-electron chi connectivity index (χ2n) is 4.06. The zero-order valence-corrected chi connectivity index (χ0v) is 9.54. The van der Waals surface area contributed by atoms with Gasteiger partial charge < -0.3 is 5.32 Å². The number of aryl methyl sites for hydroxylation is 1. The molecule has 92 valence electrons. The molecule has 1 heterocycles. The molecule has 0 bridgehead atoms. The van der Waals surface area contributed by atoms with E-state index in [1.165, 1.54) is 6.92 Å². The Morgan fingerprint density at radius 3 is 2.50 bits per heavy atom. The van der Waals surface area contributed by atoms with Crippen molar-refractivity contribution in [2.45, 2.75) is 38.5 Å². The third-order valence-corrected chi connectivity index (χ3v) is 2.30. The summed E-state index contributed by atoms with van der Waals surface area (Å²) in [6.07, 6.45) is -1.51. The Bertz CT molecular complexity index is 332. The van der Waals surface area contributed by atoms with Crippen LogP contribution in [0.2, 0.25) is 0 Å². The first-order chi connectivity index (χ1) is 7.28. The molecule has 0 amide bonds. The molecule has 2 atom stereocenters. The van der Waals surface area contributed by atoms with Crippen molar-refractivity contribution < 1.29 is 13.2 Å². The zero-order chi connectivity index (χ0) is 12.3. The molecule has 0 aliphatic carbocycles. The Morgan fingerprint density at radius 2 is 2.06 bits per heavy atom. The molecule has 0 fully saturated rings. The molecule has 0 aromatic carbocycles. The van der Waals surface area contributed by atoms with E-state index in [0.29, 0.717) is 0 Å². The van der Waals surface area contributed by atoms with Gasteiger partial charge in [-0.25, -0.2) is 0 Å². The number of nitrogens with zero attached hydrogens (tertiary/aromatic N) is 2. The predicted molar refractivity (Wildman–Crippen MR) is 54.9 cm³/mol. The van der Waals surface area contributed by atoms with Crippen LogP contribution < -0.4 is 5.32 Å². The van der Waals surface area contributed by atoms with Crippen molar-refractivity contribution in [3.63, 3.8) is 0 Å². The fraction of sp³-hybridized carbons (Fsp3) is 0.700. The first-order valence-corrected chi connectivity index (χ1v) is 5.09. The van der Waals surface area contributed by atoms with Gasteiger partial charge in [-0.15, -0.1) is 0 Å². The Kier molecular flexibility index (Phi) is 3.96. The Hall–Kier alpha value is -1.04. The van der Waals surface area contributed by atoms with Gasteiger partial charge in [0.1, 0.15) is 0 Å². The molecule has 1 aromatic rings. The highest BCUT2D eigenvalue weighted by Gasteiger charge is 2.30. The standard InChI is InChI=1S/C10H16F3N3/c1-7(4-10(11,12)13)15-8(2)9-5-14-16(3)6-9/h5-8,15H,4H2,1-3H3. The molecule has 1 aromatic heterocycles. The maximum absolute atomic E-state index is 12.1. The molecule has 2 unspecified atom stereocenters. The van der Waals surface area contributed by atoms with E-state index in [1.807, 2.05) is 6.92 Å². The van der Waals surface area contributed by atoms with Crippen LogP contribution in [-0.4, -0.2) is 22.0 Å². The minimum Gasteiger partial charge on any atom is -0.307 e. The number of rotatable bonds is 4. The van der Waals surface area contributed by atoms with Crippen LogP contribution in [0.5, 0.6) is 0 Å². The van der Waals surface area contributed by atoms with E-state index in [2.05, 4.69) is 10.4 Å². The third-order valence-electron chi connectivity index (χ3n) is 2.30. The summed E-state index contributed by atoms with van der Waals surface area (Å²) < 4.78 is 37.9. The van der Waals surface area contributed by atoms with Gasteiger partial charge in [0, 0.05) is 30.9 Å². The van der Waals surface area contributed by atoms with Crippen LogP contribution in [0.15, 0.2) is 12.4 Å². The highest BCUT2D eigenvalue weighted by atomic mass is 19.4. The molecule has 0 aliphatic rings. The van der Waals surface area contributed by atoms with Gasteiger partial charge >= 0.3 is 6.18 Å². The summed E-state index contributed by atoms with van der Waals surface area (Å²) in [4.78, 5) is 0. The number of alkyl halides is 3. The van der Waals surface area contributed by atoms with Crippen molar-refractivity contribution in [2.75, 3.05) is 0 Å². The van der Waals surface area contributed by atoms with E-state index in [4.69, 9.17) is 0 Å². The lowest BCUT2D eigenvalue weighted by Crippen LogP contribution is -2.33. The molecule has 16 heavy (non-hydrogen) atoms. The third kappa shape index (κ3) is 4.22. The molecule has 1 N–H and O–H groups in total. The smallest absolute Gasteiger partial charge is 0.307 e. The highest BCUT2D eigenvalue weighted by Crippen LogP contribution is 2.22. The van der Waals surface area contributed by atoms with Crippen molar-refractivity contribution in [3.8, 4) is 0 Å². The molecule has 0 saturated heterocycles. The molecule has 0 spiro atoms. The maximum atomic E-state index is 12.1. The first kappa shape index (κ1) is 13.0. The molecule has 1 rings (SSSR count). The van der Waals surface area contributed by atoms with Crippen LogP contribution in [0.4, 0.5) is 13.2 Å². The molecular formula is C10H16F3N3. The molecule has 6 heteroatoms. The topological polar surface area (TPSA) is 29.9 Å². The number of nitrogens with one attached hydrogen (secondary N) is 1. The van der Waals surface area contributed by atoms with Gasteiger partial charge in [-0.05, 0) is 13.8 Å². The second-order valence-corrected chi connectivity index (χ2v) is 4.06. The lowest BCUT2D eigenvalue weighted by Gasteiger charge is -2.20. The van der Waals surface area contributed by atoms with Crippen molar-refractivity contribution in [1.29, 1.82) is 0 Å². The second kappa shape index (κ2) is 4.86. The van der Waals surface area contributed by atoms with E-state index in [1.54, 1.807) is 24.1 Å². The fourth-order valence-corrected chi connectivity index (χ4v) is 1.59. The van der Waals surface area contributed by atoms with Crippen LogP contribution >= 0.6 is 0 Å². The monoisotopic (exact) mass is 235 g/mol. The SMILES string of the molecule is CC(CC(F)(F)F)NC(C)c1cnn(C)c1. The number of aromatic nitrogens is 2. The van der Waals surface area contributed by atoms with E-state index in [9.17, 15) is 13.2 Å². The van der Waals surface area contributed by atoms with Crippen LogP contribution in [-0.2, 0) is 7.05 Å². The normalized spacial score (nSPS) is 16.1. The Balaban J connectivity index is 2.48. The average Bonchev–Trinajstić information content (AvgIpc) is 2.47. The van der Waals surface area contributed by atoms with Gasteiger partial charge in [0.25, 0.3) is 0 Å². The zero-order valence-electron chi connectivity index (χ0n) is 9.54. The predicted octanol–water partition coefficient (Wildman–Crippen LogP) is 2.41. The maximum Gasteiger partial charge on any atom is 0.390 e. The Labute approximate surface area is 92.6 Å². The van der Waals surface area contributed by atoms with Crippen LogP contribution in [0.1, 0.15) is 31.9 Å². The largest absolute Gasteiger partial charge is 0.390 e. The van der Waals surface area contributed by atoms with Gasteiger partial charge in [-0.3, -0.25) is 4.68 Å². The van der Waals surface area contributed by atoms with Gasteiger partial charge in [0.2, 0.25) is 0 Å². The van der Waals surface area contributed by atoms with Crippen molar-refractivity contribution in [2.24, 2.45) is 7.05 Å². The van der Waals surface area contributed by atoms with E-state index in [-0.39, 0.29) is 6.04 Å². The summed E-state index contributed by atoms with van der Waals surface area (Å²) in [6, 6.07) is -0.735. The summed E-state index contributed by atoms with van der Waals surface area (Å²) in [5.74, 6) is 0. The lowest BCUT2D eigenvalue weighted by molar-refractivity contribution is -0.139. The van der Waals surface area contributed by atoms with Crippen molar-refractivity contribution >= 4 is 0 Å². The van der Waals surface area contributed by atoms with Crippen LogP contribution in [0.3, 0.4) is 0 Å². The van der Waals surface area contributed by atoms with Crippen molar-refractivity contribution in [3.05, 3.63) is 18.0 Å². The first-order valence-electron chi connectivity index (χ1n) is 5.09. The number of hydrogen-bond donors (Lipinski definition) is 1. The molecule has 0 aliphatic heterocycles. The quantitative estimate of drug-likeness (QED) is 0.868. The van der Waals surface area contributed by atoms with Gasteiger partial charge in [-0.1, -0.05) is 0 Å². The van der Waals surface area contributed by atoms with Gasteiger partial charge in [-0.2, -0.15) is 18.3 Å². The summed E-state index contributed by atoms with van der Waals surface area (Å²) in [6.45, 7) is 3.35. The fourth-order valence-electron chi connectivity index (χ4n) is 1.59. The Morgan fingerprint density at radius 1 is 1.44 bits per heavy atom. The lowest BCUT2D eigenvalue weighted by atomic mass is 10.1. The summed E-state index contributed by atoms with van der Waals surface area (Å²) >= 11 is 0.